The first-order chi connectivity index (χ1) is 7.09. The Morgan fingerprint density at radius 3 is 2.73 bits per heavy atom. The predicted octanol–water partition coefficient (Wildman–Crippen LogP) is 2.43. The van der Waals surface area contributed by atoms with Gasteiger partial charge in [0, 0.05) is 11.0 Å². The Hall–Kier alpha value is -0.740. The van der Waals surface area contributed by atoms with E-state index in [4.69, 9.17) is 11.6 Å². The fraction of sp³-hybridized carbons (Fsp3) is 0.455. The van der Waals surface area contributed by atoms with Gasteiger partial charge in [-0.1, -0.05) is 15.9 Å². The molecule has 1 aromatic carbocycles. The Kier molecular flexibility index (Phi) is 2.89. The average molecular weight is 270 g/mol. The number of nitrogen functional groups attached to an aromatic ring is 1. The van der Waals surface area contributed by atoms with Crippen LogP contribution < -0.4 is 16.6 Å². The normalized spacial score (nSPS) is 15.4. The third-order valence-electron chi connectivity index (χ3n) is 2.89. The molecule has 0 radical (unpaired) electrons. The summed E-state index contributed by atoms with van der Waals surface area (Å²) in [7, 11) is 0. The minimum absolute atomic E-state index is 0.762. The summed E-state index contributed by atoms with van der Waals surface area (Å²) >= 11 is 3.45. The van der Waals surface area contributed by atoms with Gasteiger partial charge in [-0.15, -0.1) is 0 Å². The smallest absolute Gasteiger partial charge is 0.0750 e. The van der Waals surface area contributed by atoms with Crippen molar-refractivity contribution in [2.45, 2.75) is 19.8 Å². The third kappa shape index (κ3) is 2.26. The summed E-state index contributed by atoms with van der Waals surface area (Å²) in [5.74, 6) is 6.76. The van der Waals surface area contributed by atoms with Gasteiger partial charge in [-0.05, 0) is 43.4 Å². The van der Waals surface area contributed by atoms with Gasteiger partial charge >= 0.3 is 0 Å². The van der Waals surface area contributed by atoms with E-state index in [2.05, 4.69) is 15.9 Å². The van der Waals surface area contributed by atoms with Gasteiger partial charge in [0.1, 0.15) is 0 Å². The number of hydrogen-bond acceptors (Lipinski definition) is 3. The molecule has 1 aliphatic carbocycles. The maximum absolute atomic E-state index is 6.03. The lowest BCUT2D eigenvalue weighted by atomic mass is 10.1. The van der Waals surface area contributed by atoms with Crippen LogP contribution in [0.5, 0.6) is 0 Å². The van der Waals surface area contributed by atoms with Gasteiger partial charge in [-0.3, -0.25) is 0 Å². The van der Waals surface area contributed by atoms with Gasteiger partial charge in [0.25, 0.3) is 0 Å². The van der Waals surface area contributed by atoms with Crippen LogP contribution in [0, 0.1) is 12.8 Å². The van der Waals surface area contributed by atoms with Gasteiger partial charge < -0.3 is 10.7 Å². The monoisotopic (exact) mass is 269 g/mol. The largest absolute Gasteiger partial charge is 0.397 e. The SMILES string of the molecule is Cc1c(Br)ccc(N(N)CC2CC2)c1N. The minimum atomic E-state index is 0.762. The molecule has 0 atom stereocenters. The van der Waals surface area contributed by atoms with Crippen molar-refractivity contribution in [1.29, 1.82) is 0 Å². The van der Waals surface area contributed by atoms with Crippen molar-refractivity contribution in [3.63, 3.8) is 0 Å². The Morgan fingerprint density at radius 2 is 2.13 bits per heavy atom. The zero-order valence-corrected chi connectivity index (χ0v) is 10.4. The average Bonchev–Trinajstić information content (AvgIpc) is 2.98. The second-order valence-corrected chi connectivity index (χ2v) is 5.06. The van der Waals surface area contributed by atoms with Gasteiger partial charge in [0.2, 0.25) is 0 Å². The Labute approximate surface area is 98.5 Å². The van der Waals surface area contributed by atoms with E-state index in [0.29, 0.717) is 0 Å². The summed E-state index contributed by atoms with van der Waals surface area (Å²) in [5, 5.41) is 1.77. The molecule has 0 spiro atoms. The van der Waals surface area contributed by atoms with E-state index in [-0.39, 0.29) is 0 Å². The van der Waals surface area contributed by atoms with Crippen molar-refractivity contribution in [2.24, 2.45) is 11.8 Å². The van der Waals surface area contributed by atoms with E-state index >= 15 is 0 Å². The molecule has 15 heavy (non-hydrogen) atoms. The van der Waals surface area contributed by atoms with Crippen molar-refractivity contribution in [1.82, 2.24) is 0 Å². The summed E-state index contributed by atoms with van der Waals surface area (Å²) < 4.78 is 1.03. The summed E-state index contributed by atoms with van der Waals surface area (Å²) in [5.41, 5.74) is 8.79. The first-order valence-electron chi connectivity index (χ1n) is 5.16. The zero-order valence-electron chi connectivity index (χ0n) is 8.83. The molecule has 0 heterocycles. The lowest BCUT2D eigenvalue weighted by Gasteiger charge is -2.21. The highest BCUT2D eigenvalue weighted by molar-refractivity contribution is 9.10. The van der Waals surface area contributed by atoms with Crippen molar-refractivity contribution in [2.75, 3.05) is 17.3 Å². The standard InChI is InChI=1S/C11H16BrN3/c1-7-9(12)4-5-10(11(7)13)15(14)6-8-2-3-8/h4-5,8H,2-3,6,13-14H2,1H3. The molecular weight excluding hydrogens is 254 g/mol. The molecule has 0 aliphatic heterocycles. The molecule has 1 fully saturated rings. The number of hydrazine groups is 1. The van der Waals surface area contributed by atoms with E-state index in [1.165, 1.54) is 12.8 Å². The van der Waals surface area contributed by atoms with E-state index < -0.39 is 0 Å². The predicted molar refractivity (Wildman–Crippen MR) is 67.5 cm³/mol. The van der Waals surface area contributed by atoms with Crippen LogP contribution in [0.25, 0.3) is 0 Å². The fourth-order valence-electron chi connectivity index (χ4n) is 1.62. The number of hydrogen-bond donors (Lipinski definition) is 2. The number of rotatable bonds is 3. The number of halogens is 1. The summed E-state index contributed by atoms with van der Waals surface area (Å²) in [6.45, 7) is 2.90. The van der Waals surface area contributed by atoms with Gasteiger partial charge in [0.05, 0.1) is 11.4 Å². The Balaban J connectivity index is 2.22. The summed E-state index contributed by atoms with van der Waals surface area (Å²) in [6.07, 6.45) is 2.59. The number of anilines is 2. The maximum atomic E-state index is 6.03. The number of nitrogens with two attached hydrogens (primary N) is 2. The van der Waals surface area contributed by atoms with Crippen molar-refractivity contribution < 1.29 is 0 Å². The van der Waals surface area contributed by atoms with Crippen LogP contribution in [-0.2, 0) is 0 Å². The molecule has 1 aliphatic rings. The molecular formula is C11H16BrN3. The second kappa shape index (κ2) is 4.02. The molecule has 0 bridgehead atoms. The van der Waals surface area contributed by atoms with Crippen LogP contribution in [0.2, 0.25) is 0 Å². The van der Waals surface area contributed by atoms with Gasteiger partial charge in [0.15, 0.2) is 0 Å². The maximum Gasteiger partial charge on any atom is 0.0750 e. The van der Waals surface area contributed by atoms with Crippen molar-refractivity contribution in [3.8, 4) is 0 Å². The fourth-order valence-corrected chi connectivity index (χ4v) is 1.96. The van der Waals surface area contributed by atoms with Crippen LogP contribution in [0.1, 0.15) is 18.4 Å². The first-order valence-corrected chi connectivity index (χ1v) is 5.95. The van der Waals surface area contributed by atoms with Crippen LogP contribution >= 0.6 is 15.9 Å². The Morgan fingerprint density at radius 1 is 1.47 bits per heavy atom. The van der Waals surface area contributed by atoms with E-state index in [9.17, 15) is 0 Å². The lowest BCUT2D eigenvalue weighted by molar-refractivity contribution is 0.751. The quantitative estimate of drug-likeness (QED) is 0.504. The third-order valence-corrected chi connectivity index (χ3v) is 3.75. The molecule has 0 unspecified atom stereocenters. The molecule has 0 amide bonds. The molecule has 4 heteroatoms. The molecule has 0 aromatic heterocycles. The number of nitrogens with zero attached hydrogens (tertiary/aromatic N) is 1. The van der Waals surface area contributed by atoms with Crippen LogP contribution in [0.15, 0.2) is 16.6 Å². The van der Waals surface area contributed by atoms with Crippen LogP contribution in [0.3, 0.4) is 0 Å². The van der Waals surface area contributed by atoms with Crippen LogP contribution in [0.4, 0.5) is 11.4 Å². The lowest BCUT2D eigenvalue weighted by Crippen LogP contribution is -2.33. The molecule has 1 aromatic rings. The van der Waals surface area contributed by atoms with Crippen molar-refractivity contribution >= 4 is 27.3 Å². The molecule has 2 rings (SSSR count). The molecule has 1 saturated carbocycles. The van der Waals surface area contributed by atoms with Crippen molar-refractivity contribution in [3.05, 3.63) is 22.2 Å². The summed E-state index contributed by atoms with van der Waals surface area (Å²) in [4.78, 5) is 0. The topological polar surface area (TPSA) is 55.3 Å². The zero-order chi connectivity index (χ0) is 11.0. The second-order valence-electron chi connectivity index (χ2n) is 4.20. The highest BCUT2D eigenvalue weighted by atomic mass is 79.9. The van der Waals surface area contributed by atoms with E-state index in [1.807, 2.05) is 19.1 Å². The van der Waals surface area contributed by atoms with Gasteiger partial charge in [-0.25, -0.2) is 5.84 Å². The molecule has 4 N–H and O–H groups in total. The van der Waals surface area contributed by atoms with Gasteiger partial charge in [-0.2, -0.15) is 0 Å². The molecule has 82 valence electrons. The van der Waals surface area contributed by atoms with E-state index in [0.717, 1.165) is 33.9 Å². The molecule has 0 saturated heterocycles. The van der Waals surface area contributed by atoms with E-state index in [1.54, 1.807) is 5.01 Å². The highest BCUT2D eigenvalue weighted by Crippen LogP contribution is 2.34. The first kappa shape index (κ1) is 10.8. The number of benzene rings is 1. The Bertz CT molecular complexity index is 374. The van der Waals surface area contributed by atoms with Crippen LogP contribution in [-0.4, -0.2) is 6.54 Å². The highest BCUT2D eigenvalue weighted by Gasteiger charge is 2.24. The molecule has 3 nitrogen and oxygen atoms in total. The summed E-state index contributed by atoms with van der Waals surface area (Å²) in [6, 6.07) is 3.96. The minimum Gasteiger partial charge on any atom is -0.397 e.